The first-order valence-electron chi connectivity index (χ1n) is 5.46. The van der Waals surface area contributed by atoms with E-state index in [0.717, 1.165) is 25.3 Å². The monoisotopic (exact) mass is 199 g/mol. The van der Waals surface area contributed by atoms with Crippen molar-refractivity contribution in [3.8, 4) is 0 Å². The standard InChI is InChI=1S/C11H25N3/c1-9(2)8-10(3)14(4)7-5-6-11(12)13/h9-10H,5-8H2,1-4H3,(H3,12,13). The molecule has 14 heavy (non-hydrogen) atoms. The second-order valence-electron chi connectivity index (χ2n) is 4.59. The van der Waals surface area contributed by atoms with Crippen molar-refractivity contribution in [2.75, 3.05) is 13.6 Å². The van der Waals surface area contributed by atoms with Gasteiger partial charge in [-0.1, -0.05) is 13.8 Å². The lowest BCUT2D eigenvalue weighted by atomic mass is 10.0. The predicted octanol–water partition coefficient (Wildman–Crippen LogP) is 2.07. The molecule has 0 aromatic heterocycles. The fourth-order valence-electron chi connectivity index (χ4n) is 1.60. The van der Waals surface area contributed by atoms with Crippen LogP contribution >= 0.6 is 0 Å². The Bertz CT molecular complexity index is 166. The zero-order chi connectivity index (χ0) is 11.1. The number of hydrogen-bond acceptors (Lipinski definition) is 2. The third kappa shape index (κ3) is 6.89. The van der Waals surface area contributed by atoms with E-state index < -0.39 is 0 Å². The highest BCUT2D eigenvalue weighted by Crippen LogP contribution is 2.09. The zero-order valence-electron chi connectivity index (χ0n) is 10.0. The topological polar surface area (TPSA) is 53.1 Å². The number of nitrogens with zero attached hydrogens (tertiary/aromatic N) is 1. The van der Waals surface area contributed by atoms with Gasteiger partial charge in [0.2, 0.25) is 0 Å². The molecule has 1 atom stereocenters. The Morgan fingerprint density at radius 3 is 2.36 bits per heavy atom. The van der Waals surface area contributed by atoms with E-state index in [-0.39, 0.29) is 0 Å². The number of nitrogens with one attached hydrogen (secondary N) is 1. The summed E-state index contributed by atoms with van der Waals surface area (Å²) in [5.74, 6) is 1.05. The molecule has 0 aliphatic heterocycles. The molecule has 3 heteroatoms. The van der Waals surface area contributed by atoms with Crippen molar-refractivity contribution in [2.24, 2.45) is 11.7 Å². The average molecular weight is 199 g/mol. The molecule has 0 aliphatic rings. The summed E-state index contributed by atoms with van der Waals surface area (Å²) in [6.45, 7) is 7.79. The van der Waals surface area contributed by atoms with Crippen LogP contribution in [0.5, 0.6) is 0 Å². The summed E-state index contributed by atoms with van der Waals surface area (Å²) in [7, 11) is 2.15. The van der Waals surface area contributed by atoms with Crippen molar-refractivity contribution in [2.45, 2.75) is 46.1 Å². The van der Waals surface area contributed by atoms with Crippen LogP contribution < -0.4 is 5.73 Å². The summed E-state index contributed by atoms with van der Waals surface area (Å²) < 4.78 is 0. The number of hydrogen-bond donors (Lipinski definition) is 2. The molecule has 0 spiro atoms. The van der Waals surface area contributed by atoms with E-state index in [1.807, 2.05) is 0 Å². The van der Waals surface area contributed by atoms with Gasteiger partial charge in [0, 0.05) is 12.5 Å². The molecule has 0 radical (unpaired) electrons. The Morgan fingerprint density at radius 1 is 1.36 bits per heavy atom. The van der Waals surface area contributed by atoms with Gasteiger partial charge in [0.05, 0.1) is 5.84 Å². The van der Waals surface area contributed by atoms with Crippen LogP contribution in [-0.4, -0.2) is 30.4 Å². The Hall–Kier alpha value is -0.570. The van der Waals surface area contributed by atoms with Gasteiger partial charge in [0.25, 0.3) is 0 Å². The van der Waals surface area contributed by atoms with Gasteiger partial charge in [-0.05, 0) is 39.3 Å². The summed E-state index contributed by atoms with van der Waals surface area (Å²) in [4.78, 5) is 2.35. The summed E-state index contributed by atoms with van der Waals surface area (Å²) in [6, 6.07) is 0.627. The minimum atomic E-state index is 0.301. The van der Waals surface area contributed by atoms with E-state index in [1.54, 1.807) is 0 Å². The first kappa shape index (κ1) is 13.4. The van der Waals surface area contributed by atoms with E-state index in [2.05, 4.69) is 32.7 Å². The van der Waals surface area contributed by atoms with Crippen LogP contribution in [-0.2, 0) is 0 Å². The van der Waals surface area contributed by atoms with Gasteiger partial charge in [-0.15, -0.1) is 0 Å². The lowest BCUT2D eigenvalue weighted by Gasteiger charge is -2.25. The van der Waals surface area contributed by atoms with Crippen LogP contribution in [0.1, 0.15) is 40.0 Å². The molecule has 0 fully saturated rings. The SMILES string of the molecule is CC(C)CC(C)N(C)CCCC(=N)N. The fraction of sp³-hybridized carbons (Fsp3) is 0.909. The Balaban J connectivity index is 3.61. The molecule has 0 heterocycles. The van der Waals surface area contributed by atoms with E-state index in [1.165, 1.54) is 6.42 Å². The maximum absolute atomic E-state index is 7.12. The predicted molar refractivity (Wildman–Crippen MR) is 62.7 cm³/mol. The first-order valence-corrected chi connectivity index (χ1v) is 5.46. The van der Waals surface area contributed by atoms with Crippen molar-refractivity contribution in [3.63, 3.8) is 0 Å². The molecule has 3 N–H and O–H groups in total. The van der Waals surface area contributed by atoms with E-state index >= 15 is 0 Å². The van der Waals surface area contributed by atoms with Crippen LogP contribution in [0.3, 0.4) is 0 Å². The molecule has 0 aliphatic carbocycles. The second kappa shape index (κ2) is 6.82. The highest BCUT2D eigenvalue weighted by Gasteiger charge is 2.10. The highest BCUT2D eigenvalue weighted by molar-refractivity contribution is 5.76. The molecule has 3 nitrogen and oxygen atoms in total. The molecule has 0 aromatic carbocycles. The average Bonchev–Trinajstić information content (AvgIpc) is 2.01. The number of rotatable bonds is 7. The van der Waals surface area contributed by atoms with Gasteiger partial charge in [-0.3, -0.25) is 5.41 Å². The summed E-state index contributed by atoms with van der Waals surface area (Å²) in [5, 5.41) is 7.12. The molecule has 84 valence electrons. The number of amidine groups is 1. The van der Waals surface area contributed by atoms with Crippen LogP contribution in [0.15, 0.2) is 0 Å². The Kier molecular flexibility index (Phi) is 6.54. The van der Waals surface area contributed by atoms with Gasteiger partial charge >= 0.3 is 0 Å². The molecule has 0 bridgehead atoms. The molecule has 0 saturated heterocycles. The first-order chi connectivity index (χ1) is 6.43. The van der Waals surface area contributed by atoms with Gasteiger partial charge < -0.3 is 10.6 Å². The minimum Gasteiger partial charge on any atom is -0.388 e. The smallest absolute Gasteiger partial charge is 0.0905 e. The summed E-state index contributed by atoms with van der Waals surface area (Å²) in [6.07, 6.45) is 2.95. The van der Waals surface area contributed by atoms with Gasteiger partial charge in [-0.25, -0.2) is 0 Å². The third-order valence-electron chi connectivity index (χ3n) is 2.52. The lowest BCUT2D eigenvalue weighted by molar-refractivity contribution is 0.227. The maximum Gasteiger partial charge on any atom is 0.0905 e. The summed E-state index contributed by atoms with van der Waals surface area (Å²) in [5.41, 5.74) is 5.30. The largest absolute Gasteiger partial charge is 0.388 e. The van der Waals surface area contributed by atoms with Gasteiger partial charge in [0.15, 0.2) is 0 Å². The van der Waals surface area contributed by atoms with Crippen molar-refractivity contribution >= 4 is 5.84 Å². The highest BCUT2D eigenvalue weighted by atomic mass is 15.1. The zero-order valence-corrected chi connectivity index (χ0v) is 10.0. The van der Waals surface area contributed by atoms with Crippen molar-refractivity contribution in [3.05, 3.63) is 0 Å². The Morgan fingerprint density at radius 2 is 1.93 bits per heavy atom. The van der Waals surface area contributed by atoms with E-state index in [9.17, 15) is 0 Å². The Labute approximate surface area is 88.2 Å². The van der Waals surface area contributed by atoms with Crippen LogP contribution in [0.2, 0.25) is 0 Å². The van der Waals surface area contributed by atoms with Crippen molar-refractivity contribution in [1.29, 1.82) is 5.41 Å². The molecule has 0 rings (SSSR count). The fourth-order valence-corrected chi connectivity index (χ4v) is 1.60. The normalized spacial score (nSPS) is 13.6. The van der Waals surface area contributed by atoms with Crippen LogP contribution in [0.25, 0.3) is 0 Å². The molecule has 0 amide bonds. The van der Waals surface area contributed by atoms with Gasteiger partial charge in [0.1, 0.15) is 0 Å². The summed E-state index contributed by atoms with van der Waals surface area (Å²) >= 11 is 0. The molecule has 0 aromatic rings. The van der Waals surface area contributed by atoms with Crippen LogP contribution in [0.4, 0.5) is 0 Å². The maximum atomic E-state index is 7.12. The second-order valence-corrected chi connectivity index (χ2v) is 4.59. The minimum absolute atomic E-state index is 0.301. The number of nitrogens with two attached hydrogens (primary N) is 1. The quantitative estimate of drug-likeness (QED) is 0.487. The molecule has 0 saturated carbocycles. The van der Waals surface area contributed by atoms with Gasteiger partial charge in [-0.2, -0.15) is 0 Å². The van der Waals surface area contributed by atoms with Crippen molar-refractivity contribution < 1.29 is 0 Å². The van der Waals surface area contributed by atoms with E-state index in [0.29, 0.717) is 11.9 Å². The van der Waals surface area contributed by atoms with Crippen LogP contribution in [0, 0.1) is 11.3 Å². The molecular formula is C11H25N3. The van der Waals surface area contributed by atoms with E-state index in [4.69, 9.17) is 11.1 Å². The molecular weight excluding hydrogens is 174 g/mol. The third-order valence-corrected chi connectivity index (χ3v) is 2.52. The molecule has 1 unspecified atom stereocenters. The van der Waals surface area contributed by atoms with Crippen molar-refractivity contribution in [1.82, 2.24) is 4.90 Å². The lowest BCUT2D eigenvalue weighted by Crippen LogP contribution is -2.31.